The van der Waals surface area contributed by atoms with Crippen LogP contribution in [0.5, 0.6) is 0 Å². The second-order valence-corrected chi connectivity index (χ2v) is 5.28. The Morgan fingerprint density at radius 3 is 2.57 bits per heavy atom. The maximum absolute atomic E-state index is 11.1. The van der Waals surface area contributed by atoms with Crippen LogP contribution in [0.4, 0.5) is 11.4 Å². The predicted octanol–water partition coefficient (Wildman–Crippen LogP) is 2.83. The second kappa shape index (κ2) is 6.53. The zero-order chi connectivity index (χ0) is 16.2. The molecule has 0 saturated carbocycles. The molecule has 7 heteroatoms. The standard InChI is InChI=1S/C14H20N2O5/c1-5-21-14(3,4)8-15-11-6-10(13(17)18)7-12(9(11)2)16(19)20/h6-7,15H,5,8H2,1-4H3,(H,17,18). The van der Waals surface area contributed by atoms with E-state index in [1.54, 1.807) is 6.92 Å². The first kappa shape index (κ1) is 16.9. The topological polar surface area (TPSA) is 102 Å². The lowest BCUT2D eigenvalue weighted by Crippen LogP contribution is -2.33. The van der Waals surface area contributed by atoms with Crippen molar-refractivity contribution in [2.45, 2.75) is 33.3 Å². The van der Waals surface area contributed by atoms with Gasteiger partial charge in [0.2, 0.25) is 0 Å². The van der Waals surface area contributed by atoms with E-state index in [-0.39, 0.29) is 11.3 Å². The molecule has 0 aliphatic heterocycles. The maximum atomic E-state index is 11.1. The van der Waals surface area contributed by atoms with E-state index in [4.69, 9.17) is 9.84 Å². The number of hydrogen-bond donors (Lipinski definition) is 2. The van der Waals surface area contributed by atoms with E-state index in [0.717, 1.165) is 6.07 Å². The highest BCUT2D eigenvalue weighted by atomic mass is 16.6. The van der Waals surface area contributed by atoms with Crippen molar-refractivity contribution >= 4 is 17.3 Å². The van der Waals surface area contributed by atoms with Gasteiger partial charge >= 0.3 is 5.97 Å². The van der Waals surface area contributed by atoms with E-state index >= 15 is 0 Å². The number of ether oxygens (including phenoxy) is 1. The number of nitrogens with one attached hydrogen (secondary N) is 1. The Hall–Kier alpha value is -2.15. The van der Waals surface area contributed by atoms with Crippen LogP contribution in [0, 0.1) is 17.0 Å². The number of carboxylic acid groups (broad SMARTS) is 1. The summed E-state index contributed by atoms with van der Waals surface area (Å²) in [4.78, 5) is 21.5. The van der Waals surface area contributed by atoms with Gasteiger partial charge in [-0.15, -0.1) is 0 Å². The summed E-state index contributed by atoms with van der Waals surface area (Å²) >= 11 is 0. The van der Waals surface area contributed by atoms with Gasteiger partial charge in [0, 0.05) is 30.5 Å². The number of nitro groups is 1. The average molecular weight is 296 g/mol. The predicted molar refractivity (Wildman–Crippen MR) is 79.0 cm³/mol. The lowest BCUT2D eigenvalue weighted by Gasteiger charge is -2.26. The SMILES string of the molecule is CCOC(C)(C)CNc1cc(C(=O)O)cc([N+](=O)[O-])c1C. The Bertz CT molecular complexity index is 555. The van der Waals surface area contributed by atoms with Gasteiger partial charge in [-0.1, -0.05) is 0 Å². The van der Waals surface area contributed by atoms with Crippen LogP contribution < -0.4 is 5.32 Å². The molecular weight excluding hydrogens is 276 g/mol. The van der Waals surface area contributed by atoms with E-state index in [0.29, 0.717) is 24.4 Å². The molecule has 7 nitrogen and oxygen atoms in total. The molecule has 1 aromatic carbocycles. The van der Waals surface area contributed by atoms with Crippen molar-refractivity contribution in [3.05, 3.63) is 33.4 Å². The van der Waals surface area contributed by atoms with Crippen LogP contribution in [0.25, 0.3) is 0 Å². The quantitative estimate of drug-likeness (QED) is 0.592. The summed E-state index contributed by atoms with van der Waals surface area (Å²) in [5.41, 5.74) is 0.0252. The van der Waals surface area contributed by atoms with Crippen LogP contribution in [-0.4, -0.2) is 34.8 Å². The van der Waals surface area contributed by atoms with Crippen molar-refractivity contribution < 1.29 is 19.6 Å². The van der Waals surface area contributed by atoms with Gasteiger partial charge in [0.05, 0.1) is 16.1 Å². The number of hydrogen-bond acceptors (Lipinski definition) is 5. The minimum Gasteiger partial charge on any atom is -0.478 e. The third-order valence-corrected chi connectivity index (χ3v) is 3.06. The summed E-state index contributed by atoms with van der Waals surface area (Å²) in [5, 5.41) is 23.1. The molecule has 0 aliphatic carbocycles. The fourth-order valence-electron chi connectivity index (χ4n) is 1.95. The first-order valence-corrected chi connectivity index (χ1v) is 6.58. The van der Waals surface area contributed by atoms with Gasteiger partial charge in [0.25, 0.3) is 5.69 Å². The summed E-state index contributed by atoms with van der Waals surface area (Å²) in [6.45, 7) is 8.18. The number of benzene rings is 1. The van der Waals surface area contributed by atoms with Crippen molar-refractivity contribution in [3.8, 4) is 0 Å². The van der Waals surface area contributed by atoms with Crippen molar-refractivity contribution in [3.63, 3.8) is 0 Å². The number of nitrogens with zero attached hydrogens (tertiary/aromatic N) is 1. The number of aromatic carboxylic acids is 1. The molecule has 0 radical (unpaired) electrons. The smallest absolute Gasteiger partial charge is 0.336 e. The van der Waals surface area contributed by atoms with Gasteiger partial charge in [-0.25, -0.2) is 4.79 Å². The fraction of sp³-hybridized carbons (Fsp3) is 0.500. The van der Waals surface area contributed by atoms with E-state index in [2.05, 4.69) is 5.32 Å². The largest absolute Gasteiger partial charge is 0.478 e. The molecule has 1 aromatic rings. The third-order valence-electron chi connectivity index (χ3n) is 3.06. The molecule has 0 atom stereocenters. The van der Waals surface area contributed by atoms with Crippen molar-refractivity contribution in [1.29, 1.82) is 0 Å². The van der Waals surface area contributed by atoms with Crippen LogP contribution >= 0.6 is 0 Å². The maximum Gasteiger partial charge on any atom is 0.336 e. The normalized spacial score (nSPS) is 11.2. The van der Waals surface area contributed by atoms with Crippen LogP contribution in [0.1, 0.15) is 36.7 Å². The average Bonchev–Trinajstić information content (AvgIpc) is 2.36. The minimum atomic E-state index is -1.20. The van der Waals surface area contributed by atoms with Gasteiger partial charge in [0.15, 0.2) is 0 Å². The summed E-state index contributed by atoms with van der Waals surface area (Å²) in [6.07, 6.45) is 0. The zero-order valence-electron chi connectivity index (χ0n) is 12.6. The van der Waals surface area contributed by atoms with Crippen LogP contribution in [0.15, 0.2) is 12.1 Å². The first-order valence-electron chi connectivity index (χ1n) is 6.58. The Morgan fingerprint density at radius 2 is 2.10 bits per heavy atom. The van der Waals surface area contributed by atoms with E-state index in [9.17, 15) is 14.9 Å². The lowest BCUT2D eigenvalue weighted by atomic mass is 10.1. The molecule has 2 N–H and O–H groups in total. The molecule has 0 aliphatic rings. The van der Waals surface area contributed by atoms with Gasteiger partial charge in [-0.3, -0.25) is 10.1 Å². The molecule has 21 heavy (non-hydrogen) atoms. The van der Waals surface area contributed by atoms with Gasteiger partial charge < -0.3 is 15.2 Å². The Morgan fingerprint density at radius 1 is 1.48 bits per heavy atom. The molecule has 0 bridgehead atoms. The molecule has 1 rings (SSSR count). The Balaban J connectivity index is 3.11. The summed E-state index contributed by atoms with van der Waals surface area (Å²) < 4.78 is 5.53. The second-order valence-electron chi connectivity index (χ2n) is 5.28. The summed E-state index contributed by atoms with van der Waals surface area (Å²) in [7, 11) is 0. The first-order chi connectivity index (χ1) is 9.68. The lowest BCUT2D eigenvalue weighted by molar-refractivity contribution is -0.385. The van der Waals surface area contributed by atoms with Crippen LogP contribution in [0.3, 0.4) is 0 Å². The van der Waals surface area contributed by atoms with E-state index in [1.165, 1.54) is 6.07 Å². The minimum absolute atomic E-state index is 0.121. The highest BCUT2D eigenvalue weighted by Gasteiger charge is 2.22. The molecular formula is C14H20N2O5. The van der Waals surface area contributed by atoms with Gasteiger partial charge in [-0.2, -0.15) is 0 Å². The van der Waals surface area contributed by atoms with Gasteiger partial charge in [-0.05, 0) is 33.8 Å². The fourth-order valence-corrected chi connectivity index (χ4v) is 1.95. The third kappa shape index (κ3) is 4.42. The van der Waals surface area contributed by atoms with Crippen molar-refractivity contribution in [2.24, 2.45) is 0 Å². The van der Waals surface area contributed by atoms with Crippen LogP contribution in [0.2, 0.25) is 0 Å². The number of carboxylic acids is 1. The highest BCUT2D eigenvalue weighted by molar-refractivity contribution is 5.90. The highest BCUT2D eigenvalue weighted by Crippen LogP contribution is 2.28. The Kier molecular flexibility index (Phi) is 5.26. The molecule has 116 valence electrons. The van der Waals surface area contributed by atoms with Crippen molar-refractivity contribution in [2.75, 3.05) is 18.5 Å². The monoisotopic (exact) mass is 296 g/mol. The zero-order valence-corrected chi connectivity index (χ0v) is 12.6. The molecule has 0 spiro atoms. The number of nitro benzene ring substituents is 1. The molecule has 0 aromatic heterocycles. The molecule has 0 unspecified atom stereocenters. The molecule has 0 heterocycles. The van der Waals surface area contributed by atoms with Crippen LogP contribution in [-0.2, 0) is 4.74 Å². The number of anilines is 1. The number of carbonyl (C=O) groups is 1. The summed E-state index contributed by atoms with van der Waals surface area (Å²) in [6, 6.07) is 2.46. The van der Waals surface area contributed by atoms with E-state index < -0.39 is 16.5 Å². The molecule has 0 amide bonds. The Labute approximate surface area is 123 Å². The molecule has 0 fully saturated rings. The number of rotatable bonds is 7. The molecule has 0 saturated heterocycles. The van der Waals surface area contributed by atoms with E-state index in [1.807, 2.05) is 20.8 Å². The van der Waals surface area contributed by atoms with Gasteiger partial charge in [0.1, 0.15) is 0 Å². The van der Waals surface area contributed by atoms with Crippen molar-refractivity contribution in [1.82, 2.24) is 0 Å². The summed E-state index contributed by atoms with van der Waals surface area (Å²) in [5.74, 6) is -1.20.